The average molecular weight is 252 g/mol. The molecule has 0 unspecified atom stereocenters. The Bertz CT molecular complexity index is 420. The molecule has 1 aliphatic rings. The second kappa shape index (κ2) is 5.54. The molecule has 0 aliphatic carbocycles. The fraction of sp³-hybridized carbons (Fsp3) is 0.615. The van der Waals surface area contributed by atoms with Crippen LogP contribution in [0.3, 0.4) is 0 Å². The maximum Gasteiger partial charge on any atom is 0.371 e. The minimum absolute atomic E-state index is 0.0210. The highest BCUT2D eigenvalue weighted by Crippen LogP contribution is 2.16. The van der Waals surface area contributed by atoms with Crippen molar-refractivity contribution >= 4 is 5.97 Å². The molecule has 2 N–H and O–H groups in total. The normalized spacial score (nSPS) is 18.1. The highest BCUT2D eigenvalue weighted by Gasteiger charge is 2.18. The molecule has 18 heavy (non-hydrogen) atoms. The molecule has 0 bridgehead atoms. The Kier molecular flexibility index (Phi) is 4.04. The van der Waals surface area contributed by atoms with E-state index in [-0.39, 0.29) is 5.76 Å². The molecule has 0 aromatic carbocycles. The molecule has 1 aliphatic heterocycles. The highest BCUT2D eigenvalue weighted by molar-refractivity contribution is 5.84. The van der Waals surface area contributed by atoms with Gasteiger partial charge in [-0.15, -0.1) is 0 Å². The number of carboxylic acid groups (broad SMARTS) is 1. The molecule has 5 nitrogen and oxygen atoms in total. The molecule has 0 spiro atoms. The topological polar surface area (TPSA) is 65.7 Å². The minimum Gasteiger partial charge on any atom is -0.475 e. The van der Waals surface area contributed by atoms with Crippen molar-refractivity contribution in [2.45, 2.75) is 32.4 Å². The first kappa shape index (κ1) is 13.1. The lowest BCUT2D eigenvalue weighted by atomic mass is 10.1. The van der Waals surface area contributed by atoms with Crippen LogP contribution in [0.4, 0.5) is 0 Å². The smallest absolute Gasteiger partial charge is 0.371 e. The predicted molar refractivity (Wildman–Crippen MR) is 67.8 cm³/mol. The Labute approximate surface area is 107 Å². The van der Waals surface area contributed by atoms with Gasteiger partial charge in [-0.1, -0.05) is 0 Å². The summed E-state index contributed by atoms with van der Waals surface area (Å²) in [6.07, 6.45) is 2.28. The van der Waals surface area contributed by atoms with Crippen molar-refractivity contribution in [1.29, 1.82) is 0 Å². The fourth-order valence-electron chi connectivity index (χ4n) is 2.27. The summed E-state index contributed by atoms with van der Waals surface area (Å²) in [5.74, 6) is -0.302. The maximum atomic E-state index is 10.8. The molecule has 2 rings (SSSR count). The van der Waals surface area contributed by atoms with E-state index in [0.717, 1.165) is 31.5 Å². The summed E-state index contributed by atoms with van der Waals surface area (Å²) in [5.41, 5.74) is 0.936. The zero-order valence-electron chi connectivity index (χ0n) is 10.9. The van der Waals surface area contributed by atoms with Crippen molar-refractivity contribution in [2.75, 3.05) is 20.1 Å². The predicted octanol–water partition coefficient (Wildman–Crippen LogP) is 1.47. The van der Waals surface area contributed by atoms with Gasteiger partial charge in [0.1, 0.15) is 5.76 Å². The number of piperidine rings is 1. The molecule has 2 heterocycles. The Morgan fingerprint density at radius 3 is 2.78 bits per heavy atom. The summed E-state index contributed by atoms with van der Waals surface area (Å²) >= 11 is 0. The molecule has 0 atom stereocenters. The number of aromatic carboxylic acids is 1. The number of likely N-dealkylation sites (tertiary alicyclic amines) is 1. The van der Waals surface area contributed by atoms with Gasteiger partial charge in [-0.25, -0.2) is 4.79 Å². The third kappa shape index (κ3) is 3.11. The van der Waals surface area contributed by atoms with Crippen molar-refractivity contribution < 1.29 is 14.3 Å². The maximum absolute atomic E-state index is 10.8. The van der Waals surface area contributed by atoms with Crippen molar-refractivity contribution in [3.8, 4) is 0 Å². The molecule has 1 fully saturated rings. The van der Waals surface area contributed by atoms with Gasteiger partial charge in [0.05, 0.1) is 0 Å². The van der Waals surface area contributed by atoms with Gasteiger partial charge in [0.15, 0.2) is 0 Å². The summed E-state index contributed by atoms with van der Waals surface area (Å²) in [6.45, 7) is 4.71. The molecule has 0 amide bonds. The van der Waals surface area contributed by atoms with E-state index < -0.39 is 5.97 Å². The largest absolute Gasteiger partial charge is 0.475 e. The zero-order chi connectivity index (χ0) is 13.1. The molecule has 5 heteroatoms. The van der Waals surface area contributed by atoms with Crippen molar-refractivity contribution in [3.63, 3.8) is 0 Å². The zero-order valence-corrected chi connectivity index (χ0v) is 10.9. The Balaban J connectivity index is 1.88. The standard InChI is InChI=1S/C13H20N2O3/c1-9-10(7-12(18-9)13(16)17)8-14-11-3-5-15(2)6-4-11/h7,11,14H,3-6,8H2,1-2H3,(H,16,17). The second-order valence-corrected chi connectivity index (χ2v) is 4.96. The minimum atomic E-state index is -1.01. The molecule has 0 radical (unpaired) electrons. The molecular formula is C13H20N2O3. The summed E-state index contributed by atoms with van der Waals surface area (Å²) < 4.78 is 5.19. The van der Waals surface area contributed by atoms with Gasteiger partial charge in [-0.2, -0.15) is 0 Å². The highest BCUT2D eigenvalue weighted by atomic mass is 16.4. The third-order valence-electron chi connectivity index (χ3n) is 3.53. The van der Waals surface area contributed by atoms with Crippen LogP contribution in [0.1, 0.15) is 34.7 Å². The van der Waals surface area contributed by atoms with Gasteiger partial charge in [0.25, 0.3) is 0 Å². The van der Waals surface area contributed by atoms with Crippen molar-refractivity contribution in [2.24, 2.45) is 0 Å². The molecule has 0 saturated carbocycles. The van der Waals surface area contributed by atoms with E-state index in [9.17, 15) is 4.79 Å². The summed E-state index contributed by atoms with van der Waals surface area (Å²) in [6, 6.07) is 2.13. The second-order valence-electron chi connectivity index (χ2n) is 4.96. The quantitative estimate of drug-likeness (QED) is 0.849. The van der Waals surface area contributed by atoms with Crippen LogP contribution < -0.4 is 5.32 Å². The van der Waals surface area contributed by atoms with Crippen LogP contribution in [0.25, 0.3) is 0 Å². The first-order chi connectivity index (χ1) is 8.56. The summed E-state index contributed by atoms with van der Waals surface area (Å²) in [7, 11) is 2.13. The number of aryl methyl sites for hydroxylation is 1. The first-order valence-electron chi connectivity index (χ1n) is 6.31. The van der Waals surface area contributed by atoms with Crippen LogP contribution in [0, 0.1) is 6.92 Å². The van der Waals surface area contributed by atoms with E-state index in [2.05, 4.69) is 17.3 Å². The van der Waals surface area contributed by atoms with Crippen LogP contribution >= 0.6 is 0 Å². The van der Waals surface area contributed by atoms with E-state index in [1.807, 2.05) is 0 Å². The van der Waals surface area contributed by atoms with Crippen LogP contribution in [0.5, 0.6) is 0 Å². The number of furan rings is 1. The van der Waals surface area contributed by atoms with Crippen molar-refractivity contribution in [1.82, 2.24) is 10.2 Å². The average Bonchev–Trinajstić information content (AvgIpc) is 2.70. The van der Waals surface area contributed by atoms with Gasteiger partial charge >= 0.3 is 5.97 Å². The van der Waals surface area contributed by atoms with E-state index in [1.54, 1.807) is 13.0 Å². The lowest BCUT2D eigenvalue weighted by Gasteiger charge is -2.29. The monoisotopic (exact) mass is 252 g/mol. The van der Waals surface area contributed by atoms with E-state index >= 15 is 0 Å². The molecule has 1 aromatic rings. The fourth-order valence-corrected chi connectivity index (χ4v) is 2.27. The third-order valence-corrected chi connectivity index (χ3v) is 3.53. The van der Waals surface area contributed by atoms with Crippen LogP contribution in [0.15, 0.2) is 10.5 Å². The number of carboxylic acids is 1. The number of carbonyl (C=O) groups is 1. The number of nitrogens with zero attached hydrogens (tertiary/aromatic N) is 1. The first-order valence-corrected chi connectivity index (χ1v) is 6.31. The number of hydrogen-bond donors (Lipinski definition) is 2. The van der Waals surface area contributed by atoms with Gasteiger partial charge in [0, 0.05) is 18.2 Å². The van der Waals surface area contributed by atoms with Crippen LogP contribution in [0.2, 0.25) is 0 Å². The van der Waals surface area contributed by atoms with E-state index in [1.165, 1.54) is 0 Å². The van der Waals surface area contributed by atoms with Crippen LogP contribution in [-0.2, 0) is 6.54 Å². The van der Waals surface area contributed by atoms with E-state index in [0.29, 0.717) is 18.3 Å². The Hall–Kier alpha value is -1.33. The van der Waals surface area contributed by atoms with Gasteiger partial charge < -0.3 is 19.7 Å². The van der Waals surface area contributed by atoms with Gasteiger partial charge in [0.2, 0.25) is 5.76 Å². The lowest BCUT2D eigenvalue weighted by Crippen LogP contribution is -2.40. The van der Waals surface area contributed by atoms with Gasteiger partial charge in [-0.3, -0.25) is 0 Å². The molecular weight excluding hydrogens is 232 g/mol. The van der Waals surface area contributed by atoms with Crippen LogP contribution in [-0.4, -0.2) is 42.2 Å². The van der Waals surface area contributed by atoms with Gasteiger partial charge in [-0.05, 0) is 46.0 Å². The lowest BCUT2D eigenvalue weighted by molar-refractivity contribution is 0.0661. The molecule has 1 saturated heterocycles. The Morgan fingerprint density at radius 1 is 1.56 bits per heavy atom. The van der Waals surface area contributed by atoms with Crippen molar-refractivity contribution in [3.05, 3.63) is 23.2 Å². The summed E-state index contributed by atoms with van der Waals surface area (Å²) in [4.78, 5) is 13.1. The molecule has 1 aromatic heterocycles. The summed E-state index contributed by atoms with van der Waals surface area (Å²) in [5, 5.41) is 12.3. The Morgan fingerprint density at radius 2 is 2.22 bits per heavy atom. The van der Waals surface area contributed by atoms with E-state index in [4.69, 9.17) is 9.52 Å². The number of rotatable bonds is 4. The number of hydrogen-bond acceptors (Lipinski definition) is 4. The number of nitrogens with one attached hydrogen (secondary N) is 1. The SMILES string of the molecule is Cc1oc(C(=O)O)cc1CNC1CCN(C)CC1. The molecule has 100 valence electrons.